The van der Waals surface area contributed by atoms with Crippen molar-refractivity contribution in [3.63, 3.8) is 0 Å². The average Bonchev–Trinajstić information content (AvgIpc) is 2.30. The van der Waals surface area contributed by atoms with Crippen molar-refractivity contribution in [2.75, 3.05) is 18.4 Å². The molecule has 0 bridgehead atoms. The molecule has 6 heteroatoms. The average molecular weight is 255 g/mol. The third-order valence-corrected chi connectivity index (χ3v) is 3.23. The van der Waals surface area contributed by atoms with Crippen LogP contribution in [0.25, 0.3) is 0 Å². The Morgan fingerprint density at radius 2 is 2.41 bits per heavy atom. The van der Waals surface area contributed by atoms with Crippen molar-refractivity contribution in [1.29, 1.82) is 0 Å². The van der Waals surface area contributed by atoms with E-state index in [-0.39, 0.29) is 11.3 Å². The van der Waals surface area contributed by atoms with Crippen molar-refractivity contribution < 1.29 is 4.79 Å². The largest absolute Gasteiger partial charge is 0.316 e. The predicted molar refractivity (Wildman–Crippen MR) is 65.9 cm³/mol. The second kappa shape index (κ2) is 4.98. The molecule has 1 saturated heterocycles. The van der Waals surface area contributed by atoms with E-state index in [1.54, 1.807) is 6.07 Å². The monoisotopic (exact) mass is 254 g/mol. The second-order valence-corrected chi connectivity index (χ2v) is 4.91. The van der Waals surface area contributed by atoms with Crippen LogP contribution in [0.5, 0.6) is 0 Å². The van der Waals surface area contributed by atoms with Crippen molar-refractivity contribution >= 4 is 23.3 Å². The molecule has 1 aliphatic rings. The van der Waals surface area contributed by atoms with Gasteiger partial charge in [-0.25, -0.2) is 9.97 Å². The Bertz CT molecular complexity index is 418. The molecular formula is C11H15ClN4O. The zero-order valence-electron chi connectivity index (χ0n) is 9.66. The fraction of sp³-hybridized carbons (Fsp3) is 0.545. The van der Waals surface area contributed by atoms with Gasteiger partial charge in [-0.3, -0.25) is 4.79 Å². The van der Waals surface area contributed by atoms with Crippen LogP contribution in [0.4, 0.5) is 5.82 Å². The number of rotatable bonds is 2. The lowest BCUT2D eigenvalue weighted by molar-refractivity contribution is -0.125. The second-order valence-electron chi connectivity index (χ2n) is 4.52. The van der Waals surface area contributed by atoms with Gasteiger partial charge in [0.25, 0.3) is 0 Å². The van der Waals surface area contributed by atoms with E-state index in [0.717, 1.165) is 19.4 Å². The predicted octanol–water partition coefficient (Wildman–Crippen LogP) is 1.46. The van der Waals surface area contributed by atoms with E-state index in [2.05, 4.69) is 20.6 Å². The Morgan fingerprint density at radius 3 is 3.06 bits per heavy atom. The summed E-state index contributed by atoms with van der Waals surface area (Å²) in [6, 6.07) is 1.54. The van der Waals surface area contributed by atoms with E-state index in [1.807, 2.05) is 6.92 Å². The highest BCUT2D eigenvalue weighted by Gasteiger charge is 2.34. The fourth-order valence-corrected chi connectivity index (χ4v) is 2.07. The molecule has 17 heavy (non-hydrogen) atoms. The van der Waals surface area contributed by atoms with Crippen LogP contribution in [-0.2, 0) is 4.79 Å². The number of piperidine rings is 1. The van der Waals surface area contributed by atoms with Gasteiger partial charge in [0, 0.05) is 12.6 Å². The molecule has 92 valence electrons. The first-order valence-corrected chi connectivity index (χ1v) is 5.98. The molecule has 1 aromatic heterocycles. The summed E-state index contributed by atoms with van der Waals surface area (Å²) in [5, 5.41) is 6.33. The number of nitrogens with zero attached hydrogens (tertiary/aromatic N) is 2. The van der Waals surface area contributed by atoms with Crippen molar-refractivity contribution in [3.05, 3.63) is 17.5 Å². The number of carbonyl (C=O) groups excluding carboxylic acids is 1. The summed E-state index contributed by atoms with van der Waals surface area (Å²) in [5.74, 6) is 0.418. The van der Waals surface area contributed by atoms with Crippen LogP contribution in [0, 0.1) is 5.41 Å². The number of nitrogens with one attached hydrogen (secondary N) is 2. The smallest absolute Gasteiger partial charge is 0.232 e. The van der Waals surface area contributed by atoms with Gasteiger partial charge in [0.2, 0.25) is 5.91 Å². The summed E-state index contributed by atoms with van der Waals surface area (Å²) >= 11 is 5.73. The molecule has 0 radical (unpaired) electrons. The number of carbonyl (C=O) groups is 1. The lowest BCUT2D eigenvalue weighted by Gasteiger charge is -2.32. The zero-order valence-corrected chi connectivity index (χ0v) is 10.4. The van der Waals surface area contributed by atoms with Gasteiger partial charge in [0.15, 0.2) is 0 Å². The van der Waals surface area contributed by atoms with E-state index in [4.69, 9.17) is 11.6 Å². The number of hydrogen-bond acceptors (Lipinski definition) is 4. The van der Waals surface area contributed by atoms with Gasteiger partial charge in [0.05, 0.1) is 5.41 Å². The Labute approximate surface area is 105 Å². The lowest BCUT2D eigenvalue weighted by Crippen LogP contribution is -2.46. The molecule has 0 spiro atoms. The van der Waals surface area contributed by atoms with Crippen LogP contribution in [-0.4, -0.2) is 29.0 Å². The SMILES string of the molecule is CC1(C(=O)Nc2cc(Cl)ncn2)CCCNC1. The minimum absolute atomic E-state index is 0.0283. The van der Waals surface area contributed by atoms with Gasteiger partial charge in [0.1, 0.15) is 17.3 Å². The van der Waals surface area contributed by atoms with Crippen LogP contribution in [0.2, 0.25) is 5.15 Å². The maximum Gasteiger partial charge on any atom is 0.232 e. The number of anilines is 1. The quantitative estimate of drug-likeness (QED) is 0.784. The summed E-state index contributed by atoms with van der Waals surface area (Å²) in [7, 11) is 0. The third kappa shape index (κ3) is 2.92. The van der Waals surface area contributed by atoms with Crippen LogP contribution in [0.3, 0.4) is 0 Å². The van der Waals surface area contributed by atoms with Gasteiger partial charge in [-0.15, -0.1) is 0 Å². The molecule has 2 N–H and O–H groups in total. The fourth-order valence-electron chi connectivity index (χ4n) is 1.92. The van der Waals surface area contributed by atoms with Gasteiger partial charge < -0.3 is 10.6 Å². The summed E-state index contributed by atoms with van der Waals surface area (Å²) in [4.78, 5) is 19.9. The van der Waals surface area contributed by atoms with Gasteiger partial charge in [-0.1, -0.05) is 11.6 Å². The number of aromatic nitrogens is 2. The molecule has 1 amide bonds. The standard InChI is InChI=1S/C11H15ClN4O/c1-11(3-2-4-13-6-11)10(17)16-9-5-8(12)14-7-15-9/h5,7,13H,2-4,6H2,1H3,(H,14,15,16,17). The highest BCUT2D eigenvalue weighted by atomic mass is 35.5. The van der Waals surface area contributed by atoms with Crippen LogP contribution < -0.4 is 10.6 Å². The Hall–Kier alpha value is -1.20. The van der Waals surface area contributed by atoms with Gasteiger partial charge >= 0.3 is 0 Å². The Balaban J connectivity index is 2.05. The maximum absolute atomic E-state index is 12.1. The number of amides is 1. The first-order valence-electron chi connectivity index (χ1n) is 5.60. The van der Waals surface area contributed by atoms with Crippen molar-refractivity contribution in [2.45, 2.75) is 19.8 Å². The molecule has 5 nitrogen and oxygen atoms in total. The van der Waals surface area contributed by atoms with E-state index in [1.165, 1.54) is 6.33 Å². The van der Waals surface area contributed by atoms with Crippen molar-refractivity contribution in [2.24, 2.45) is 5.41 Å². The normalized spacial score (nSPS) is 24.4. The van der Waals surface area contributed by atoms with E-state index >= 15 is 0 Å². The van der Waals surface area contributed by atoms with E-state index < -0.39 is 0 Å². The molecule has 1 unspecified atom stereocenters. The highest BCUT2D eigenvalue weighted by molar-refractivity contribution is 6.29. The molecule has 2 heterocycles. The maximum atomic E-state index is 12.1. The molecule has 0 aliphatic carbocycles. The van der Waals surface area contributed by atoms with E-state index in [0.29, 0.717) is 17.5 Å². The topological polar surface area (TPSA) is 66.9 Å². The lowest BCUT2D eigenvalue weighted by atomic mass is 9.82. The van der Waals surface area contributed by atoms with Gasteiger partial charge in [-0.05, 0) is 26.3 Å². The summed E-state index contributed by atoms with van der Waals surface area (Å²) in [6.07, 6.45) is 3.22. The van der Waals surface area contributed by atoms with Gasteiger partial charge in [-0.2, -0.15) is 0 Å². The molecular weight excluding hydrogens is 240 g/mol. The van der Waals surface area contributed by atoms with Crippen LogP contribution in [0.1, 0.15) is 19.8 Å². The zero-order chi connectivity index (χ0) is 12.3. The highest BCUT2D eigenvalue weighted by Crippen LogP contribution is 2.27. The van der Waals surface area contributed by atoms with Crippen molar-refractivity contribution in [1.82, 2.24) is 15.3 Å². The number of halogens is 1. The Kier molecular flexibility index (Phi) is 3.59. The minimum atomic E-state index is -0.379. The first-order chi connectivity index (χ1) is 8.10. The minimum Gasteiger partial charge on any atom is -0.316 e. The molecule has 0 saturated carbocycles. The summed E-state index contributed by atoms with van der Waals surface area (Å²) in [6.45, 7) is 3.62. The van der Waals surface area contributed by atoms with Crippen LogP contribution >= 0.6 is 11.6 Å². The number of hydrogen-bond donors (Lipinski definition) is 2. The first kappa shape index (κ1) is 12.3. The molecule has 1 aromatic rings. The van der Waals surface area contributed by atoms with E-state index in [9.17, 15) is 4.79 Å². The third-order valence-electron chi connectivity index (χ3n) is 3.02. The molecule has 1 aliphatic heterocycles. The summed E-state index contributed by atoms with van der Waals surface area (Å²) < 4.78 is 0. The van der Waals surface area contributed by atoms with Crippen molar-refractivity contribution in [3.8, 4) is 0 Å². The van der Waals surface area contributed by atoms with Crippen LogP contribution in [0.15, 0.2) is 12.4 Å². The Morgan fingerprint density at radius 1 is 1.59 bits per heavy atom. The summed E-state index contributed by atoms with van der Waals surface area (Å²) in [5.41, 5.74) is -0.379. The molecule has 0 aromatic carbocycles. The molecule has 1 fully saturated rings. The molecule has 2 rings (SSSR count). The molecule has 1 atom stereocenters.